The van der Waals surface area contributed by atoms with Crippen LogP contribution in [-0.4, -0.2) is 23.5 Å². The molecule has 0 aliphatic heterocycles. The van der Waals surface area contributed by atoms with Gasteiger partial charge in [0.25, 0.3) is 5.91 Å². The SMILES string of the molecule is O=C([O-])CNC(=S)NC(=O)c1ccc(Cl)cc1. The zero-order chi connectivity index (χ0) is 12.8. The van der Waals surface area contributed by atoms with Gasteiger partial charge in [0.2, 0.25) is 0 Å². The minimum atomic E-state index is -1.31. The maximum atomic E-state index is 11.6. The molecule has 0 saturated carbocycles. The topological polar surface area (TPSA) is 81.3 Å². The fraction of sp³-hybridized carbons (Fsp3) is 0.100. The van der Waals surface area contributed by atoms with Crippen molar-refractivity contribution in [3.63, 3.8) is 0 Å². The normalized spacial score (nSPS) is 9.47. The second-order valence-corrected chi connectivity index (χ2v) is 3.86. The highest BCUT2D eigenvalue weighted by Crippen LogP contribution is 2.09. The number of nitrogens with one attached hydrogen (secondary N) is 2. The van der Waals surface area contributed by atoms with Gasteiger partial charge in [-0.25, -0.2) is 0 Å². The van der Waals surface area contributed by atoms with Crippen molar-refractivity contribution in [2.75, 3.05) is 6.54 Å². The Morgan fingerprint density at radius 3 is 2.41 bits per heavy atom. The predicted octanol–water partition coefficient (Wildman–Crippen LogP) is -0.306. The number of hydrogen-bond acceptors (Lipinski definition) is 4. The van der Waals surface area contributed by atoms with Crippen molar-refractivity contribution < 1.29 is 14.7 Å². The van der Waals surface area contributed by atoms with Crippen molar-refractivity contribution >= 4 is 40.8 Å². The van der Waals surface area contributed by atoms with E-state index < -0.39 is 18.4 Å². The van der Waals surface area contributed by atoms with Crippen molar-refractivity contribution in [2.45, 2.75) is 0 Å². The summed E-state index contributed by atoms with van der Waals surface area (Å²) in [7, 11) is 0. The van der Waals surface area contributed by atoms with Crippen LogP contribution in [0.25, 0.3) is 0 Å². The van der Waals surface area contributed by atoms with Crippen LogP contribution in [0.3, 0.4) is 0 Å². The molecule has 1 amide bonds. The molecule has 2 N–H and O–H groups in total. The monoisotopic (exact) mass is 271 g/mol. The van der Waals surface area contributed by atoms with E-state index in [1.165, 1.54) is 12.1 Å². The van der Waals surface area contributed by atoms with E-state index in [1.54, 1.807) is 12.1 Å². The lowest BCUT2D eigenvalue weighted by Crippen LogP contribution is -2.44. The first-order chi connectivity index (χ1) is 7.99. The van der Waals surface area contributed by atoms with Gasteiger partial charge in [0, 0.05) is 10.6 Å². The Labute approximate surface area is 108 Å². The summed E-state index contributed by atoms with van der Waals surface area (Å²) in [5, 5.41) is 15.2. The van der Waals surface area contributed by atoms with Gasteiger partial charge in [-0.3, -0.25) is 10.1 Å². The van der Waals surface area contributed by atoms with Gasteiger partial charge in [-0.15, -0.1) is 0 Å². The highest BCUT2D eigenvalue weighted by atomic mass is 35.5. The molecule has 0 heterocycles. The molecule has 17 heavy (non-hydrogen) atoms. The first-order valence-corrected chi connectivity index (χ1v) is 5.32. The van der Waals surface area contributed by atoms with Gasteiger partial charge in [0.05, 0.1) is 12.5 Å². The quantitative estimate of drug-likeness (QED) is 0.738. The fourth-order valence-corrected chi connectivity index (χ4v) is 1.26. The number of carbonyl (C=O) groups is 2. The minimum absolute atomic E-state index is 0.0749. The highest BCUT2D eigenvalue weighted by molar-refractivity contribution is 7.80. The Bertz CT molecular complexity index is 447. The number of rotatable bonds is 3. The molecule has 0 spiro atoms. The zero-order valence-electron chi connectivity index (χ0n) is 8.53. The molecule has 1 rings (SSSR count). The number of thiocarbonyl (C=S) groups is 1. The molecule has 0 aromatic heterocycles. The Kier molecular flexibility index (Phi) is 4.86. The Morgan fingerprint density at radius 1 is 1.29 bits per heavy atom. The van der Waals surface area contributed by atoms with E-state index in [0.717, 1.165) is 0 Å². The predicted molar refractivity (Wildman–Crippen MR) is 64.5 cm³/mol. The summed E-state index contributed by atoms with van der Waals surface area (Å²) >= 11 is 10.4. The first-order valence-electron chi connectivity index (χ1n) is 4.53. The van der Waals surface area contributed by atoms with Crippen LogP contribution in [0.15, 0.2) is 24.3 Å². The average Bonchev–Trinajstić information content (AvgIpc) is 2.27. The molecule has 0 unspecified atom stereocenters. The number of aliphatic carboxylic acids is 1. The van der Waals surface area contributed by atoms with Gasteiger partial charge in [0.1, 0.15) is 0 Å². The smallest absolute Gasteiger partial charge is 0.257 e. The molecule has 0 aliphatic carbocycles. The van der Waals surface area contributed by atoms with Crippen molar-refractivity contribution in [2.24, 2.45) is 0 Å². The maximum Gasteiger partial charge on any atom is 0.257 e. The minimum Gasteiger partial charge on any atom is -0.548 e. The van der Waals surface area contributed by atoms with Gasteiger partial charge in [-0.05, 0) is 36.5 Å². The van der Waals surface area contributed by atoms with Gasteiger partial charge in [-0.1, -0.05) is 11.6 Å². The van der Waals surface area contributed by atoms with Gasteiger partial charge in [0.15, 0.2) is 5.11 Å². The Hall–Kier alpha value is -1.66. The first kappa shape index (κ1) is 13.4. The number of carboxylic acid groups (broad SMARTS) is 1. The molecule has 0 atom stereocenters. The summed E-state index contributed by atoms with van der Waals surface area (Å²) in [6.45, 7) is -0.459. The molecule has 5 nitrogen and oxygen atoms in total. The van der Waals surface area contributed by atoms with E-state index in [-0.39, 0.29) is 5.11 Å². The van der Waals surface area contributed by atoms with Crippen molar-refractivity contribution in [3.8, 4) is 0 Å². The lowest BCUT2D eigenvalue weighted by molar-refractivity contribution is -0.303. The van der Waals surface area contributed by atoms with Crippen LogP contribution >= 0.6 is 23.8 Å². The standard InChI is InChI=1S/C10H9ClN2O3S/c11-7-3-1-6(2-4-7)9(16)13-10(17)12-5-8(14)15/h1-4H,5H2,(H,14,15)(H2,12,13,16,17)/p-1. The van der Waals surface area contributed by atoms with E-state index in [1.807, 2.05) is 0 Å². The van der Waals surface area contributed by atoms with Crippen LogP contribution < -0.4 is 15.7 Å². The zero-order valence-corrected chi connectivity index (χ0v) is 10.1. The average molecular weight is 272 g/mol. The summed E-state index contributed by atoms with van der Waals surface area (Å²) in [5.41, 5.74) is 0.368. The summed E-state index contributed by atoms with van der Waals surface area (Å²) in [5.74, 6) is -1.76. The third kappa shape index (κ3) is 4.80. The largest absolute Gasteiger partial charge is 0.548 e. The highest BCUT2D eigenvalue weighted by Gasteiger charge is 2.06. The maximum absolute atomic E-state index is 11.6. The van der Waals surface area contributed by atoms with E-state index in [9.17, 15) is 14.7 Å². The third-order valence-corrected chi connectivity index (χ3v) is 2.23. The Morgan fingerprint density at radius 2 is 1.88 bits per heavy atom. The van der Waals surface area contributed by atoms with Crippen LogP contribution in [0.2, 0.25) is 5.02 Å². The molecule has 7 heteroatoms. The number of amides is 1. The van der Waals surface area contributed by atoms with Crippen LogP contribution in [0.4, 0.5) is 0 Å². The lowest BCUT2D eigenvalue weighted by atomic mass is 10.2. The number of hydrogen-bond donors (Lipinski definition) is 2. The van der Waals surface area contributed by atoms with E-state index in [0.29, 0.717) is 10.6 Å². The molecule has 1 aromatic rings. The molecular formula is C10H8ClN2O3S-. The molecular weight excluding hydrogens is 264 g/mol. The molecule has 0 aliphatic rings. The molecule has 0 fully saturated rings. The Balaban J connectivity index is 2.51. The summed E-state index contributed by atoms with van der Waals surface area (Å²) in [4.78, 5) is 21.7. The van der Waals surface area contributed by atoms with Gasteiger partial charge >= 0.3 is 0 Å². The summed E-state index contributed by atoms with van der Waals surface area (Å²) in [6.07, 6.45) is 0. The second-order valence-electron chi connectivity index (χ2n) is 3.02. The molecule has 1 aromatic carbocycles. The molecule has 90 valence electrons. The molecule has 0 bridgehead atoms. The van der Waals surface area contributed by atoms with E-state index >= 15 is 0 Å². The summed E-state index contributed by atoms with van der Waals surface area (Å²) in [6, 6.07) is 6.18. The van der Waals surface area contributed by atoms with Gasteiger partial charge < -0.3 is 15.2 Å². The van der Waals surface area contributed by atoms with Crippen molar-refractivity contribution in [1.29, 1.82) is 0 Å². The van der Waals surface area contributed by atoms with Crippen LogP contribution in [0.1, 0.15) is 10.4 Å². The third-order valence-electron chi connectivity index (χ3n) is 1.73. The summed E-state index contributed by atoms with van der Waals surface area (Å²) < 4.78 is 0. The number of carbonyl (C=O) groups excluding carboxylic acids is 2. The van der Waals surface area contributed by atoms with Crippen molar-refractivity contribution in [3.05, 3.63) is 34.9 Å². The van der Waals surface area contributed by atoms with E-state index in [4.69, 9.17) is 23.8 Å². The van der Waals surface area contributed by atoms with Crippen molar-refractivity contribution in [1.82, 2.24) is 10.6 Å². The number of halogens is 1. The van der Waals surface area contributed by atoms with Crippen LogP contribution in [0.5, 0.6) is 0 Å². The fourth-order valence-electron chi connectivity index (χ4n) is 0.973. The molecule has 0 radical (unpaired) electrons. The number of carboxylic acids is 1. The number of benzene rings is 1. The molecule has 0 saturated heterocycles. The second kappa shape index (κ2) is 6.17. The van der Waals surface area contributed by atoms with Gasteiger partial charge in [-0.2, -0.15) is 0 Å². The van der Waals surface area contributed by atoms with E-state index in [2.05, 4.69) is 10.6 Å². The van der Waals surface area contributed by atoms with Crippen LogP contribution in [-0.2, 0) is 4.79 Å². The van der Waals surface area contributed by atoms with Crippen LogP contribution in [0, 0.1) is 0 Å². The lowest BCUT2D eigenvalue weighted by Gasteiger charge is -2.09.